The Morgan fingerprint density at radius 2 is 1.88 bits per heavy atom. The molecule has 1 aromatic heterocycles. The Bertz CT molecular complexity index is 1560. The van der Waals surface area contributed by atoms with E-state index >= 15 is 0 Å². The van der Waals surface area contributed by atoms with Crippen LogP contribution in [-0.4, -0.2) is 59.6 Å². The molecule has 0 spiro atoms. The van der Waals surface area contributed by atoms with Gasteiger partial charge in [0, 0.05) is 44.8 Å². The number of ether oxygens (including phenoxy) is 2. The van der Waals surface area contributed by atoms with Crippen LogP contribution in [0.4, 0.5) is 8.78 Å². The van der Waals surface area contributed by atoms with Gasteiger partial charge < -0.3 is 24.3 Å². The van der Waals surface area contributed by atoms with Crippen LogP contribution in [0.5, 0.6) is 5.75 Å². The number of carbonyl (C=O) groups is 2. The van der Waals surface area contributed by atoms with E-state index in [2.05, 4.69) is 10.2 Å². The van der Waals surface area contributed by atoms with Gasteiger partial charge in [-0.1, -0.05) is 36.4 Å². The molecule has 6 rings (SSSR count). The zero-order valence-electron chi connectivity index (χ0n) is 22.0. The van der Waals surface area contributed by atoms with Crippen molar-refractivity contribution in [3.8, 4) is 5.75 Å². The highest BCUT2D eigenvalue weighted by molar-refractivity contribution is 6.01. The molecule has 0 radical (unpaired) electrons. The predicted molar refractivity (Wildman–Crippen MR) is 140 cm³/mol. The molecule has 3 aliphatic rings. The Morgan fingerprint density at radius 3 is 2.60 bits per heavy atom. The fraction of sp³-hybridized carbons (Fsp3) is 0.345. The first-order valence-electron chi connectivity index (χ1n) is 13.1. The summed E-state index contributed by atoms with van der Waals surface area (Å²) in [7, 11) is 3.43. The molecule has 3 atom stereocenters. The van der Waals surface area contributed by atoms with Gasteiger partial charge in [0.15, 0.2) is 11.4 Å². The van der Waals surface area contributed by atoms with Gasteiger partial charge >= 0.3 is 0 Å². The maximum Gasteiger partial charge on any atom is 0.275 e. The van der Waals surface area contributed by atoms with Gasteiger partial charge in [-0.25, -0.2) is 8.78 Å². The van der Waals surface area contributed by atoms with Gasteiger partial charge in [-0.05, 0) is 18.7 Å². The maximum atomic E-state index is 14.3. The first kappa shape index (κ1) is 26.1. The SMILES string of the molecule is COC1CC2C3N(C)CCN3C(=O)c3c(OCc4ccccc4)c(=O)c(C(=O)NCc4ccc(F)cc4F)c1n32. The smallest absolute Gasteiger partial charge is 0.275 e. The molecule has 11 heteroatoms. The van der Waals surface area contributed by atoms with Crippen LogP contribution in [0.15, 0.2) is 53.3 Å². The minimum atomic E-state index is -0.816. The second-order valence-corrected chi connectivity index (χ2v) is 10.2. The highest BCUT2D eigenvalue weighted by atomic mass is 19.1. The molecule has 0 saturated carbocycles. The Kier molecular flexibility index (Phi) is 6.63. The van der Waals surface area contributed by atoms with Crippen LogP contribution >= 0.6 is 0 Å². The van der Waals surface area contributed by atoms with E-state index < -0.39 is 29.1 Å². The monoisotopic (exact) mass is 550 g/mol. The fourth-order valence-electron chi connectivity index (χ4n) is 6.09. The number of benzene rings is 2. The number of pyridine rings is 1. The molecular formula is C29H28F2N4O5. The summed E-state index contributed by atoms with van der Waals surface area (Å²) in [5, 5.41) is 2.60. The average Bonchev–Trinajstić information content (AvgIpc) is 3.51. The molecule has 3 aromatic rings. The Labute approximate surface area is 228 Å². The van der Waals surface area contributed by atoms with Gasteiger partial charge in [0.25, 0.3) is 11.8 Å². The number of rotatable bonds is 7. The van der Waals surface area contributed by atoms with E-state index in [4.69, 9.17) is 9.47 Å². The number of nitrogens with zero attached hydrogens (tertiary/aromatic N) is 3. The molecular weight excluding hydrogens is 522 g/mol. The molecule has 3 unspecified atom stereocenters. The van der Waals surface area contributed by atoms with Crippen molar-refractivity contribution in [3.05, 3.63) is 98.5 Å². The van der Waals surface area contributed by atoms with Crippen LogP contribution in [0.3, 0.4) is 0 Å². The van der Waals surface area contributed by atoms with E-state index in [1.165, 1.54) is 13.2 Å². The minimum absolute atomic E-state index is 0.0132. The van der Waals surface area contributed by atoms with Crippen LogP contribution in [-0.2, 0) is 17.9 Å². The highest BCUT2D eigenvalue weighted by Crippen LogP contribution is 2.48. The molecule has 3 aliphatic heterocycles. The van der Waals surface area contributed by atoms with Crippen LogP contribution < -0.4 is 15.5 Å². The number of halogens is 2. The molecule has 0 aliphatic carbocycles. The second kappa shape index (κ2) is 10.1. The Morgan fingerprint density at radius 1 is 1.10 bits per heavy atom. The summed E-state index contributed by atoms with van der Waals surface area (Å²) in [5.41, 5.74) is 0.287. The summed E-state index contributed by atoms with van der Waals surface area (Å²) in [6.45, 7) is 0.904. The normalized spacial score (nSPS) is 21.4. The number of hydrogen-bond donors (Lipinski definition) is 1. The van der Waals surface area contributed by atoms with Gasteiger partial charge in [0.05, 0.1) is 11.7 Å². The lowest BCUT2D eigenvalue weighted by atomic mass is 10.1. The number of likely N-dealkylation sites (N-methyl/N-ethyl adjacent to an activating group) is 1. The lowest BCUT2D eigenvalue weighted by Gasteiger charge is -2.40. The van der Waals surface area contributed by atoms with E-state index in [1.807, 2.05) is 37.4 Å². The van der Waals surface area contributed by atoms with Crippen molar-refractivity contribution in [1.29, 1.82) is 0 Å². The summed E-state index contributed by atoms with van der Waals surface area (Å²) in [6.07, 6.45) is -0.464. The van der Waals surface area contributed by atoms with Crippen molar-refractivity contribution in [2.24, 2.45) is 0 Å². The van der Waals surface area contributed by atoms with E-state index in [1.54, 1.807) is 9.47 Å². The van der Waals surface area contributed by atoms with Crippen LogP contribution in [0.2, 0.25) is 0 Å². The van der Waals surface area contributed by atoms with Crippen molar-refractivity contribution in [2.75, 3.05) is 27.2 Å². The molecule has 208 valence electrons. The summed E-state index contributed by atoms with van der Waals surface area (Å²) in [6, 6.07) is 12.0. The Hall–Kier alpha value is -4.09. The van der Waals surface area contributed by atoms with E-state index in [0.29, 0.717) is 25.2 Å². The second-order valence-electron chi connectivity index (χ2n) is 10.2. The standard InChI is InChI=1S/C29H28F2N4O5/c1-33-10-11-34-28(33)20-13-21(39-2)23-22(27(37)32-14-17-8-9-18(30)12-19(17)31)25(36)26(24(29(34)38)35(20)23)40-15-16-6-4-3-5-7-16/h3-9,12,20-21,28H,10-11,13-15H2,1-2H3,(H,32,37). The van der Waals surface area contributed by atoms with Gasteiger partial charge in [-0.2, -0.15) is 0 Å². The van der Waals surface area contributed by atoms with Crippen molar-refractivity contribution in [1.82, 2.24) is 19.7 Å². The van der Waals surface area contributed by atoms with E-state index in [-0.39, 0.29) is 53.8 Å². The number of aromatic nitrogens is 1. The van der Waals surface area contributed by atoms with E-state index in [9.17, 15) is 23.2 Å². The molecule has 9 nitrogen and oxygen atoms in total. The minimum Gasteiger partial charge on any atom is -0.483 e. The number of amides is 2. The summed E-state index contributed by atoms with van der Waals surface area (Å²) >= 11 is 0. The van der Waals surface area contributed by atoms with Crippen molar-refractivity contribution >= 4 is 11.8 Å². The highest BCUT2D eigenvalue weighted by Gasteiger charge is 2.53. The molecule has 2 amide bonds. The molecule has 1 saturated heterocycles. The number of hydrogen-bond acceptors (Lipinski definition) is 6. The summed E-state index contributed by atoms with van der Waals surface area (Å²) in [4.78, 5) is 45.3. The third kappa shape index (κ3) is 4.16. The predicted octanol–water partition coefficient (Wildman–Crippen LogP) is 3.00. The molecule has 40 heavy (non-hydrogen) atoms. The molecule has 1 N–H and O–H groups in total. The number of methoxy groups -OCH3 is 1. The zero-order chi connectivity index (χ0) is 28.1. The quantitative estimate of drug-likeness (QED) is 0.486. The lowest BCUT2D eigenvalue weighted by Crippen LogP contribution is -2.52. The number of nitrogens with one attached hydrogen (secondary N) is 1. The van der Waals surface area contributed by atoms with Gasteiger partial charge in [0.2, 0.25) is 5.43 Å². The summed E-state index contributed by atoms with van der Waals surface area (Å²) in [5.74, 6) is -2.86. The fourth-order valence-corrected chi connectivity index (χ4v) is 6.09. The van der Waals surface area contributed by atoms with Crippen LogP contribution in [0.25, 0.3) is 0 Å². The van der Waals surface area contributed by atoms with Crippen LogP contribution in [0, 0.1) is 11.6 Å². The average molecular weight is 551 g/mol. The first-order chi connectivity index (χ1) is 19.3. The maximum absolute atomic E-state index is 14.3. The third-order valence-corrected chi connectivity index (χ3v) is 7.96. The van der Waals surface area contributed by atoms with Gasteiger partial charge in [-0.15, -0.1) is 0 Å². The zero-order valence-corrected chi connectivity index (χ0v) is 22.0. The van der Waals surface area contributed by atoms with Gasteiger partial charge in [-0.3, -0.25) is 19.3 Å². The Balaban J connectivity index is 1.47. The third-order valence-electron chi connectivity index (χ3n) is 7.96. The van der Waals surface area contributed by atoms with Crippen molar-refractivity contribution in [2.45, 2.75) is 37.9 Å². The molecule has 2 aromatic carbocycles. The van der Waals surface area contributed by atoms with Crippen molar-refractivity contribution in [3.63, 3.8) is 0 Å². The van der Waals surface area contributed by atoms with Crippen molar-refractivity contribution < 1.29 is 27.8 Å². The number of fused-ring (bicyclic) bond motifs is 2. The lowest BCUT2D eigenvalue weighted by molar-refractivity contribution is 0.0375. The van der Waals surface area contributed by atoms with Crippen LogP contribution in [0.1, 0.15) is 56.2 Å². The molecule has 1 fully saturated rings. The summed E-state index contributed by atoms with van der Waals surface area (Å²) < 4.78 is 41.2. The topological polar surface area (TPSA) is 93.1 Å². The van der Waals surface area contributed by atoms with E-state index in [0.717, 1.165) is 17.7 Å². The first-order valence-corrected chi connectivity index (χ1v) is 13.1. The number of carbonyl (C=O) groups excluding carboxylic acids is 2. The molecule has 0 bridgehead atoms. The molecule has 4 heterocycles. The largest absolute Gasteiger partial charge is 0.483 e. The van der Waals surface area contributed by atoms with Gasteiger partial charge in [0.1, 0.15) is 36.1 Å².